The average Bonchev–Trinajstić information content (AvgIpc) is 2.43. The molecule has 6 heteroatoms. The fraction of sp³-hybridized carbons (Fsp3) is 0.357. The molecule has 1 N–H and O–H groups in total. The Morgan fingerprint density at radius 3 is 1.75 bits per heavy atom. The fourth-order valence-corrected chi connectivity index (χ4v) is 1.97. The van der Waals surface area contributed by atoms with Gasteiger partial charge in [-0.15, -0.1) is 0 Å². The van der Waals surface area contributed by atoms with Crippen LogP contribution < -0.4 is 18.9 Å². The summed E-state index contributed by atoms with van der Waals surface area (Å²) in [6.07, 6.45) is 2.46. The monoisotopic (exact) mass is 282 g/mol. The summed E-state index contributed by atoms with van der Waals surface area (Å²) >= 11 is 0. The largest absolute Gasteiger partial charge is 0.492 e. The maximum Gasteiger partial charge on any atom is 0.328 e. The normalized spacial score (nSPS) is 10.4. The number of benzene rings is 1. The van der Waals surface area contributed by atoms with E-state index in [1.165, 1.54) is 34.5 Å². The predicted octanol–water partition coefficient (Wildman–Crippen LogP) is 2.13. The van der Waals surface area contributed by atoms with Crippen molar-refractivity contribution in [2.24, 2.45) is 0 Å². The second-order valence-corrected chi connectivity index (χ2v) is 3.84. The molecule has 0 spiro atoms. The summed E-state index contributed by atoms with van der Waals surface area (Å²) < 4.78 is 21.2. The molecule has 0 aliphatic carbocycles. The number of carbonyl (C=O) groups is 1. The van der Waals surface area contributed by atoms with E-state index in [0.29, 0.717) is 34.1 Å². The summed E-state index contributed by atoms with van der Waals surface area (Å²) in [6.45, 7) is 1.78. The van der Waals surface area contributed by atoms with Crippen molar-refractivity contribution in [3.05, 3.63) is 17.2 Å². The number of carboxylic acids is 1. The van der Waals surface area contributed by atoms with Crippen LogP contribution >= 0.6 is 0 Å². The zero-order chi connectivity index (χ0) is 15.3. The zero-order valence-corrected chi connectivity index (χ0v) is 12.1. The van der Waals surface area contributed by atoms with Gasteiger partial charge in [0.05, 0.1) is 28.4 Å². The number of rotatable bonds is 6. The maximum atomic E-state index is 10.7. The molecule has 0 aliphatic rings. The minimum atomic E-state index is -1.06. The molecule has 1 rings (SSSR count). The molecule has 0 bridgehead atoms. The van der Waals surface area contributed by atoms with Gasteiger partial charge in [-0.3, -0.25) is 0 Å². The molecule has 1 aromatic rings. The zero-order valence-electron chi connectivity index (χ0n) is 12.1. The highest BCUT2D eigenvalue weighted by Crippen LogP contribution is 2.49. The van der Waals surface area contributed by atoms with Gasteiger partial charge in [0.1, 0.15) is 0 Å². The van der Waals surface area contributed by atoms with Crippen molar-refractivity contribution < 1.29 is 28.8 Å². The highest BCUT2D eigenvalue weighted by Gasteiger charge is 2.24. The lowest BCUT2D eigenvalue weighted by molar-refractivity contribution is -0.131. The van der Waals surface area contributed by atoms with Gasteiger partial charge in [0.15, 0.2) is 11.5 Å². The summed E-state index contributed by atoms with van der Waals surface area (Å²) in [7, 11) is 5.94. The molecule has 0 aliphatic heterocycles. The topological polar surface area (TPSA) is 74.2 Å². The third-order valence-corrected chi connectivity index (χ3v) is 2.82. The van der Waals surface area contributed by atoms with Crippen LogP contribution in [0, 0.1) is 6.92 Å². The molecule has 0 amide bonds. The van der Waals surface area contributed by atoms with Crippen molar-refractivity contribution >= 4 is 12.0 Å². The number of aliphatic carboxylic acids is 1. The number of hydrogen-bond donors (Lipinski definition) is 1. The van der Waals surface area contributed by atoms with Crippen LogP contribution in [-0.4, -0.2) is 39.5 Å². The highest BCUT2D eigenvalue weighted by molar-refractivity contribution is 5.87. The first-order valence-corrected chi connectivity index (χ1v) is 5.79. The molecule has 0 atom stereocenters. The Morgan fingerprint density at radius 1 is 0.900 bits per heavy atom. The Labute approximate surface area is 117 Å². The van der Waals surface area contributed by atoms with Gasteiger partial charge in [-0.2, -0.15) is 0 Å². The van der Waals surface area contributed by atoms with Crippen LogP contribution in [-0.2, 0) is 4.79 Å². The Hall–Kier alpha value is -2.37. The van der Waals surface area contributed by atoms with Gasteiger partial charge in [0.25, 0.3) is 0 Å². The van der Waals surface area contributed by atoms with E-state index in [-0.39, 0.29) is 0 Å². The van der Waals surface area contributed by atoms with E-state index in [1.54, 1.807) is 6.92 Å². The fourth-order valence-electron chi connectivity index (χ4n) is 1.97. The van der Waals surface area contributed by atoms with Gasteiger partial charge in [-0.05, 0) is 13.0 Å². The smallest absolute Gasteiger partial charge is 0.328 e. The molecular weight excluding hydrogens is 264 g/mol. The molecule has 0 saturated heterocycles. The van der Waals surface area contributed by atoms with Crippen molar-refractivity contribution in [2.45, 2.75) is 6.92 Å². The number of methoxy groups -OCH3 is 4. The Bertz CT molecular complexity index is 533. The van der Waals surface area contributed by atoms with Gasteiger partial charge in [-0.25, -0.2) is 4.79 Å². The first-order valence-electron chi connectivity index (χ1n) is 5.79. The lowest BCUT2D eigenvalue weighted by atomic mass is 10.0. The van der Waals surface area contributed by atoms with Crippen LogP contribution in [0.4, 0.5) is 0 Å². The van der Waals surface area contributed by atoms with Crippen molar-refractivity contribution in [3.8, 4) is 23.0 Å². The number of carboxylic acid groups (broad SMARTS) is 1. The molecule has 0 heterocycles. The quantitative estimate of drug-likeness (QED) is 0.806. The van der Waals surface area contributed by atoms with Crippen molar-refractivity contribution in [1.82, 2.24) is 0 Å². The maximum absolute atomic E-state index is 10.7. The van der Waals surface area contributed by atoms with E-state index in [1.807, 2.05) is 0 Å². The molecule has 0 aromatic heterocycles. The third-order valence-electron chi connectivity index (χ3n) is 2.82. The molecule has 0 radical (unpaired) electrons. The first kappa shape index (κ1) is 15.7. The van der Waals surface area contributed by atoms with E-state index in [0.717, 1.165) is 6.08 Å². The van der Waals surface area contributed by atoms with Crippen LogP contribution in [0.1, 0.15) is 11.1 Å². The summed E-state index contributed by atoms with van der Waals surface area (Å²) in [5.74, 6) is 0.551. The van der Waals surface area contributed by atoms with Crippen molar-refractivity contribution in [3.63, 3.8) is 0 Å². The minimum absolute atomic E-state index is 0.350. The molecule has 110 valence electrons. The Morgan fingerprint density at radius 2 is 1.35 bits per heavy atom. The first-order chi connectivity index (χ1) is 9.51. The van der Waals surface area contributed by atoms with Gasteiger partial charge in [-0.1, -0.05) is 0 Å². The van der Waals surface area contributed by atoms with Gasteiger partial charge in [0, 0.05) is 17.2 Å². The number of hydrogen-bond acceptors (Lipinski definition) is 5. The van der Waals surface area contributed by atoms with E-state index >= 15 is 0 Å². The van der Waals surface area contributed by atoms with Crippen LogP contribution in [0.2, 0.25) is 0 Å². The van der Waals surface area contributed by atoms with E-state index < -0.39 is 5.97 Å². The van der Waals surface area contributed by atoms with Gasteiger partial charge < -0.3 is 24.1 Å². The summed E-state index contributed by atoms with van der Waals surface area (Å²) in [6, 6.07) is 0. The predicted molar refractivity (Wildman–Crippen MR) is 74.1 cm³/mol. The van der Waals surface area contributed by atoms with Crippen LogP contribution in [0.15, 0.2) is 6.08 Å². The van der Waals surface area contributed by atoms with E-state index in [9.17, 15) is 4.79 Å². The van der Waals surface area contributed by atoms with Crippen molar-refractivity contribution in [1.29, 1.82) is 0 Å². The summed E-state index contributed by atoms with van der Waals surface area (Å²) in [5, 5.41) is 8.77. The average molecular weight is 282 g/mol. The second kappa shape index (κ2) is 6.70. The van der Waals surface area contributed by atoms with Crippen LogP contribution in [0.5, 0.6) is 23.0 Å². The number of ether oxygens (including phenoxy) is 4. The molecular formula is C14H18O6. The van der Waals surface area contributed by atoms with E-state index in [2.05, 4.69) is 0 Å². The summed E-state index contributed by atoms with van der Waals surface area (Å²) in [4.78, 5) is 10.7. The van der Waals surface area contributed by atoms with Gasteiger partial charge in [0.2, 0.25) is 11.5 Å². The SMILES string of the molecule is COc1c(C)c(/C=C/C(=O)O)c(OC)c(OC)c1OC. The molecule has 1 aromatic carbocycles. The standard InChI is InChI=1S/C14H18O6/c1-8-9(6-7-10(15)16)12(18-3)14(20-5)13(19-4)11(8)17-2/h6-7H,1-5H3,(H,15,16)/b7-6+. The Kier molecular flexibility index (Phi) is 5.25. The van der Waals surface area contributed by atoms with Crippen LogP contribution in [0.3, 0.4) is 0 Å². The molecule has 0 saturated carbocycles. The molecule has 0 fully saturated rings. The second-order valence-electron chi connectivity index (χ2n) is 3.84. The van der Waals surface area contributed by atoms with Crippen molar-refractivity contribution in [2.75, 3.05) is 28.4 Å². The van der Waals surface area contributed by atoms with Gasteiger partial charge >= 0.3 is 5.97 Å². The molecule has 6 nitrogen and oxygen atoms in total. The Balaban J connectivity index is 3.68. The third kappa shape index (κ3) is 2.79. The lowest BCUT2D eigenvalue weighted by Gasteiger charge is -2.20. The minimum Gasteiger partial charge on any atom is -0.492 e. The van der Waals surface area contributed by atoms with Crippen LogP contribution in [0.25, 0.3) is 6.08 Å². The lowest BCUT2D eigenvalue weighted by Crippen LogP contribution is -2.02. The van der Waals surface area contributed by atoms with E-state index in [4.69, 9.17) is 24.1 Å². The summed E-state index contributed by atoms with van der Waals surface area (Å²) in [5.41, 5.74) is 1.25. The molecule has 20 heavy (non-hydrogen) atoms. The molecule has 0 unspecified atom stereocenters. The highest BCUT2D eigenvalue weighted by atomic mass is 16.5.